The van der Waals surface area contributed by atoms with Crippen LogP contribution in [0.25, 0.3) is 0 Å². The van der Waals surface area contributed by atoms with Gasteiger partial charge < -0.3 is 25.5 Å². The minimum Gasteiger partial charge on any atom is -0.394 e. The van der Waals surface area contributed by atoms with Gasteiger partial charge in [-0.05, 0) is 0 Å². The van der Waals surface area contributed by atoms with Crippen LogP contribution >= 0.6 is 0 Å². The molecule has 0 amide bonds. The maximum Gasteiger partial charge on any atom is 0.103 e. The molecule has 5 heteroatoms. The summed E-state index contributed by atoms with van der Waals surface area (Å²) < 4.78 is 0. The highest BCUT2D eigenvalue weighted by Crippen LogP contribution is 2.11. The van der Waals surface area contributed by atoms with E-state index in [9.17, 15) is 5.11 Å². The van der Waals surface area contributed by atoms with Crippen molar-refractivity contribution >= 4 is 0 Å². The summed E-state index contributed by atoms with van der Waals surface area (Å²) in [6.07, 6.45) is -3.58. The molecule has 0 saturated heterocycles. The van der Waals surface area contributed by atoms with Crippen molar-refractivity contribution in [3.8, 4) is 0 Å². The van der Waals surface area contributed by atoms with E-state index < -0.39 is 37.4 Å². The van der Waals surface area contributed by atoms with Gasteiger partial charge in [-0.3, -0.25) is 0 Å². The highest BCUT2D eigenvalue weighted by atomic mass is 16.4. The lowest BCUT2D eigenvalue weighted by Crippen LogP contribution is -2.41. The van der Waals surface area contributed by atoms with Gasteiger partial charge >= 0.3 is 0 Å². The fraction of sp³-hybridized carbons (Fsp3) is 1.00. The van der Waals surface area contributed by atoms with Crippen LogP contribution in [-0.2, 0) is 0 Å². The Balaban J connectivity index is 3.99. The Bertz CT molecular complexity index is 104. The highest BCUT2D eigenvalue weighted by molar-refractivity contribution is 4.77. The van der Waals surface area contributed by atoms with Crippen molar-refractivity contribution < 1.29 is 25.5 Å². The number of hydrogen-bond acceptors (Lipinski definition) is 5. The van der Waals surface area contributed by atoms with Gasteiger partial charge in [0.2, 0.25) is 0 Å². The van der Waals surface area contributed by atoms with E-state index in [1.165, 1.54) is 6.92 Å². The number of aliphatic hydroxyl groups is 5. The molecule has 0 aliphatic heterocycles. The molecule has 0 aromatic heterocycles. The van der Waals surface area contributed by atoms with E-state index >= 15 is 0 Å². The van der Waals surface area contributed by atoms with Crippen LogP contribution in [0.15, 0.2) is 0 Å². The van der Waals surface area contributed by atoms with E-state index in [4.69, 9.17) is 20.4 Å². The first-order valence-corrected chi connectivity index (χ1v) is 3.80. The average Bonchev–Trinajstić information content (AvgIpc) is 2.12. The largest absolute Gasteiger partial charge is 0.394 e. The predicted octanol–water partition coefficient (Wildman–Crippen LogP) is -2.31. The lowest BCUT2D eigenvalue weighted by Gasteiger charge is -2.25. The van der Waals surface area contributed by atoms with Crippen LogP contribution in [0.2, 0.25) is 0 Å². The van der Waals surface area contributed by atoms with Crippen LogP contribution < -0.4 is 0 Å². The molecule has 0 radical (unpaired) electrons. The minimum atomic E-state index is -1.28. The van der Waals surface area contributed by atoms with Gasteiger partial charge in [-0.15, -0.1) is 0 Å². The molecule has 12 heavy (non-hydrogen) atoms. The Morgan fingerprint density at radius 3 is 1.67 bits per heavy atom. The molecular weight excluding hydrogens is 164 g/mol. The molecular formula is C7H16O5. The van der Waals surface area contributed by atoms with E-state index in [0.717, 1.165) is 0 Å². The van der Waals surface area contributed by atoms with Gasteiger partial charge in [0.15, 0.2) is 0 Å². The molecule has 0 aliphatic carbocycles. The van der Waals surface area contributed by atoms with Gasteiger partial charge in [-0.25, -0.2) is 0 Å². The zero-order chi connectivity index (χ0) is 9.72. The number of hydrogen-bond donors (Lipinski definition) is 5. The first-order chi connectivity index (χ1) is 5.54. The molecule has 4 atom stereocenters. The van der Waals surface area contributed by atoms with Crippen LogP contribution in [0.3, 0.4) is 0 Å². The summed E-state index contributed by atoms with van der Waals surface area (Å²) >= 11 is 0. The van der Waals surface area contributed by atoms with Crippen molar-refractivity contribution in [2.75, 3.05) is 13.2 Å². The van der Waals surface area contributed by atoms with Gasteiger partial charge in [-0.2, -0.15) is 0 Å². The molecule has 0 unspecified atom stereocenters. The van der Waals surface area contributed by atoms with E-state index in [2.05, 4.69) is 0 Å². The Morgan fingerprint density at radius 2 is 1.33 bits per heavy atom. The van der Waals surface area contributed by atoms with Gasteiger partial charge in [0.25, 0.3) is 0 Å². The van der Waals surface area contributed by atoms with Crippen molar-refractivity contribution in [2.24, 2.45) is 5.92 Å². The van der Waals surface area contributed by atoms with Crippen LogP contribution in [0, 0.1) is 5.92 Å². The van der Waals surface area contributed by atoms with Gasteiger partial charge in [0.05, 0.1) is 25.4 Å². The second-order valence-corrected chi connectivity index (χ2v) is 2.85. The van der Waals surface area contributed by atoms with Gasteiger partial charge in [-0.1, -0.05) is 6.92 Å². The Morgan fingerprint density at radius 1 is 0.917 bits per heavy atom. The van der Waals surface area contributed by atoms with Gasteiger partial charge in [0.1, 0.15) is 6.10 Å². The molecule has 0 rings (SSSR count). The van der Waals surface area contributed by atoms with E-state index in [1.54, 1.807) is 0 Å². The Kier molecular flexibility index (Phi) is 5.36. The number of rotatable bonds is 5. The number of aliphatic hydroxyl groups excluding tert-OH is 5. The van der Waals surface area contributed by atoms with Crippen LogP contribution in [0.4, 0.5) is 0 Å². The monoisotopic (exact) mass is 180 g/mol. The maximum atomic E-state index is 9.21. The first-order valence-electron chi connectivity index (χ1n) is 3.80. The predicted molar refractivity (Wildman–Crippen MR) is 41.4 cm³/mol. The van der Waals surface area contributed by atoms with Crippen LogP contribution in [-0.4, -0.2) is 57.1 Å². The fourth-order valence-electron chi connectivity index (χ4n) is 0.852. The SMILES string of the molecule is C[C@H]([C@@H](O)[C@H](O)CO)[C@H](O)CO. The van der Waals surface area contributed by atoms with E-state index in [0.29, 0.717) is 0 Å². The lowest BCUT2D eigenvalue weighted by atomic mass is 9.95. The third-order valence-corrected chi connectivity index (χ3v) is 1.91. The fourth-order valence-corrected chi connectivity index (χ4v) is 0.852. The summed E-state index contributed by atoms with van der Waals surface area (Å²) in [5.41, 5.74) is 0. The van der Waals surface area contributed by atoms with Gasteiger partial charge in [0, 0.05) is 5.92 Å². The lowest BCUT2D eigenvalue weighted by molar-refractivity contribution is -0.0780. The summed E-state index contributed by atoms with van der Waals surface area (Å²) in [6.45, 7) is 0.435. The first kappa shape index (κ1) is 11.8. The summed E-state index contributed by atoms with van der Waals surface area (Å²) in [5.74, 6) is -0.669. The zero-order valence-electron chi connectivity index (χ0n) is 6.96. The minimum absolute atomic E-state index is 0.476. The van der Waals surface area contributed by atoms with Crippen molar-refractivity contribution in [1.29, 1.82) is 0 Å². The molecule has 5 N–H and O–H groups in total. The average molecular weight is 180 g/mol. The summed E-state index contributed by atoms with van der Waals surface area (Å²) in [5, 5.41) is 44.2. The molecule has 0 aromatic rings. The highest BCUT2D eigenvalue weighted by Gasteiger charge is 2.27. The van der Waals surface area contributed by atoms with Crippen molar-refractivity contribution in [3.63, 3.8) is 0 Å². The molecule has 0 fully saturated rings. The Hall–Kier alpha value is -0.200. The molecule has 0 aliphatic rings. The van der Waals surface area contributed by atoms with E-state index in [1.807, 2.05) is 0 Å². The molecule has 0 spiro atoms. The van der Waals surface area contributed by atoms with Crippen molar-refractivity contribution in [3.05, 3.63) is 0 Å². The van der Waals surface area contributed by atoms with E-state index in [-0.39, 0.29) is 0 Å². The Labute approximate surface area is 70.9 Å². The summed E-state index contributed by atoms with van der Waals surface area (Å²) in [7, 11) is 0. The second-order valence-electron chi connectivity index (χ2n) is 2.85. The van der Waals surface area contributed by atoms with Crippen LogP contribution in [0.1, 0.15) is 6.92 Å². The quantitative estimate of drug-likeness (QED) is 0.327. The van der Waals surface area contributed by atoms with Crippen molar-refractivity contribution in [2.45, 2.75) is 25.2 Å². The molecule has 5 nitrogen and oxygen atoms in total. The molecule has 0 heterocycles. The topological polar surface area (TPSA) is 101 Å². The van der Waals surface area contributed by atoms with Crippen molar-refractivity contribution in [1.82, 2.24) is 0 Å². The third kappa shape index (κ3) is 3.04. The molecule has 0 bridgehead atoms. The smallest absolute Gasteiger partial charge is 0.103 e. The molecule has 0 saturated carbocycles. The second kappa shape index (κ2) is 5.45. The zero-order valence-corrected chi connectivity index (χ0v) is 6.96. The normalized spacial score (nSPS) is 21.5. The third-order valence-electron chi connectivity index (χ3n) is 1.91. The van der Waals surface area contributed by atoms with Crippen LogP contribution in [0.5, 0.6) is 0 Å². The molecule has 0 aromatic carbocycles. The standard InChI is InChI=1S/C7H16O5/c1-4(5(10)2-8)7(12)6(11)3-9/h4-12H,2-3H2,1H3/t4-,5+,6+,7+/m0/s1. The summed E-state index contributed by atoms with van der Waals surface area (Å²) in [6, 6.07) is 0. The molecule has 74 valence electrons. The maximum absolute atomic E-state index is 9.21. The summed E-state index contributed by atoms with van der Waals surface area (Å²) in [4.78, 5) is 0.